The van der Waals surface area contributed by atoms with Gasteiger partial charge in [-0.05, 0) is 18.8 Å². The Bertz CT molecular complexity index is 283. The lowest BCUT2D eigenvalue weighted by atomic mass is 10.0. The maximum Gasteiger partial charge on any atom is 0.249 e. The quantitative estimate of drug-likeness (QED) is 0.344. The predicted molar refractivity (Wildman–Crippen MR) is 68.2 cm³/mol. The zero-order valence-electron chi connectivity index (χ0n) is 10.9. The second-order valence-corrected chi connectivity index (χ2v) is 4.84. The molecule has 7 nitrogen and oxygen atoms in total. The van der Waals surface area contributed by atoms with Crippen LogP contribution in [0.1, 0.15) is 26.7 Å². The molecular formula is C11H24N4O3. The fourth-order valence-electron chi connectivity index (χ4n) is 1.48. The van der Waals surface area contributed by atoms with Gasteiger partial charge < -0.3 is 27.6 Å². The number of amides is 2. The van der Waals surface area contributed by atoms with E-state index in [9.17, 15) is 14.7 Å². The average Bonchev–Trinajstić information content (AvgIpc) is 2.26. The summed E-state index contributed by atoms with van der Waals surface area (Å²) in [6.45, 7) is 3.99. The highest BCUT2D eigenvalue weighted by atomic mass is 16.3. The van der Waals surface area contributed by atoms with Gasteiger partial charge in [0.1, 0.15) is 12.1 Å². The van der Waals surface area contributed by atoms with Crippen molar-refractivity contribution >= 4 is 11.8 Å². The maximum atomic E-state index is 11.6. The van der Waals surface area contributed by atoms with Gasteiger partial charge in [-0.1, -0.05) is 13.8 Å². The van der Waals surface area contributed by atoms with Crippen LogP contribution >= 0.6 is 0 Å². The summed E-state index contributed by atoms with van der Waals surface area (Å²) in [4.78, 5) is 22.8. The van der Waals surface area contributed by atoms with E-state index in [2.05, 4.69) is 5.32 Å². The molecule has 2 amide bonds. The van der Waals surface area contributed by atoms with E-state index in [0.717, 1.165) is 0 Å². The minimum atomic E-state index is -1.28. The van der Waals surface area contributed by atoms with Crippen molar-refractivity contribution in [2.24, 2.45) is 23.1 Å². The van der Waals surface area contributed by atoms with E-state index in [-0.39, 0.29) is 18.9 Å². The van der Waals surface area contributed by atoms with E-state index in [1.165, 1.54) is 0 Å². The highest BCUT2D eigenvalue weighted by molar-refractivity contribution is 5.88. The van der Waals surface area contributed by atoms with E-state index in [1.807, 2.05) is 13.8 Å². The molecule has 1 unspecified atom stereocenters. The Kier molecular flexibility index (Phi) is 7.49. The van der Waals surface area contributed by atoms with Crippen LogP contribution in [0.3, 0.4) is 0 Å². The number of nitrogens with two attached hydrogens (primary N) is 3. The third-order valence-electron chi connectivity index (χ3n) is 2.50. The van der Waals surface area contributed by atoms with Crippen molar-refractivity contribution in [3.05, 3.63) is 0 Å². The Morgan fingerprint density at radius 2 is 1.83 bits per heavy atom. The molecule has 0 fully saturated rings. The van der Waals surface area contributed by atoms with Crippen LogP contribution in [0.15, 0.2) is 0 Å². The maximum absolute atomic E-state index is 11.6. The van der Waals surface area contributed by atoms with Crippen LogP contribution in [-0.2, 0) is 9.59 Å². The second kappa shape index (κ2) is 8.02. The van der Waals surface area contributed by atoms with Gasteiger partial charge in [-0.25, -0.2) is 0 Å². The van der Waals surface area contributed by atoms with Crippen LogP contribution < -0.4 is 22.5 Å². The monoisotopic (exact) mass is 260 g/mol. The third-order valence-corrected chi connectivity index (χ3v) is 2.50. The van der Waals surface area contributed by atoms with E-state index in [4.69, 9.17) is 17.2 Å². The minimum absolute atomic E-state index is 0.0511. The normalized spacial score (nSPS) is 16.1. The summed E-state index contributed by atoms with van der Waals surface area (Å²) in [5, 5.41) is 12.0. The molecule has 0 aromatic rings. The number of carbonyl (C=O) groups excluding carboxylic acids is 2. The molecule has 0 aromatic carbocycles. The van der Waals surface area contributed by atoms with E-state index < -0.39 is 30.0 Å². The third kappa shape index (κ3) is 6.53. The summed E-state index contributed by atoms with van der Waals surface area (Å²) in [6, 6.07) is -1.23. The molecule has 0 aliphatic heterocycles. The molecule has 8 N–H and O–H groups in total. The first-order chi connectivity index (χ1) is 8.27. The first-order valence-electron chi connectivity index (χ1n) is 6.01. The van der Waals surface area contributed by atoms with E-state index in [0.29, 0.717) is 6.42 Å². The number of hydrogen-bond acceptors (Lipinski definition) is 5. The van der Waals surface area contributed by atoms with Crippen molar-refractivity contribution < 1.29 is 14.7 Å². The number of carbonyl (C=O) groups is 2. The fourth-order valence-corrected chi connectivity index (χ4v) is 1.48. The summed E-state index contributed by atoms with van der Waals surface area (Å²) < 4.78 is 0. The van der Waals surface area contributed by atoms with Gasteiger partial charge in [-0.3, -0.25) is 9.59 Å². The molecule has 106 valence electrons. The van der Waals surface area contributed by atoms with Gasteiger partial charge in [0.05, 0.1) is 0 Å². The zero-order chi connectivity index (χ0) is 14.3. The molecule has 7 heteroatoms. The SMILES string of the molecule is CC(C)CC(NC(=O)[C@@H](O)C[C@H](N)CN)C(N)=O. The van der Waals surface area contributed by atoms with Gasteiger partial charge in [-0.2, -0.15) is 0 Å². The second-order valence-electron chi connectivity index (χ2n) is 4.84. The van der Waals surface area contributed by atoms with Crippen molar-refractivity contribution in [3.8, 4) is 0 Å². The molecule has 0 radical (unpaired) electrons. The number of aliphatic hydroxyl groups excluding tert-OH is 1. The molecule has 18 heavy (non-hydrogen) atoms. The van der Waals surface area contributed by atoms with Gasteiger partial charge >= 0.3 is 0 Å². The molecular weight excluding hydrogens is 236 g/mol. The molecule has 0 aliphatic rings. The van der Waals surface area contributed by atoms with Crippen LogP contribution in [0, 0.1) is 5.92 Å². The molecule has 0 heterocycles. The van der Waals surface area contributed by atoms with Gasteiger partial charge in [0.25, 0.3) is 0 Å². The summed E-state index contributed by atoms with van der Waals surface area (Å²) in [5.74, 6) is -1.07. The Morgan fingerprint density at radius 1 is 1.28 bits per heavy atom. The summed E-state index contributed by atoms with van der Waals surface area (Å²) in [6.07, 6.45) is -0.802. The average molecular weight is 260 g/mol. The summed E-state index contributed by atoms with van der Waals surface area (Å²) in [7, 11) is 0. The van der Waals surface area contributed by atoms with Gasteiger partial charge in [-0.15, -0.1) is 0 Å². The Labute approximate surface area is 107 Å². The standard InChI is InChI=1S/C11H24N4O3/c1-6(2)3-8(10(14)17)15-11(18)9(16)4-7(13)5-12/h6-9,16H,3-5,12-13H2,1-2H3,(H2,14,17)(H,15,18)/t7-,8?,9-/m0/s1. The number of rotatable bonds is 8. The highest BCUT2D eigenvalue weighted by Crippen LogP contribution is 2.05. The molecule has 0 saturated carbocycles. The lowest BCUT2D eigenvalue weighted by Crippen LogP contribution is -2.50. The molecule has 0 bridgehead atoms. The van der Waals surface area contributed by atoms with E-state index >= 15 is 0 Å². The number of nitrogens with one attached hydrogen (secondary N) is 1. The van der Waals surface area contributed by atoms with Gasteiger partial charge in [0.2, 0.25) is 11.8 Å². The van der Waals surface area contributed by atoms with Gasteiger partial charge in [0.15, 0.2) is 0 Å². The topological polar surface area (TPSA) is 144 Å². The summed E-state index contributed by atoms with van der Waals surface area (Å²) in [5.41, 5.74) is 16.0. The number of hydrogen-bond donors (Lipinski definition) is 5. The molecule has 0 saturated heterocycles. The van der Waals surface area contributed by atoms with Crippen LogP contribution in [0.25, 0.3) is 0 Å². The first kappa shape index (κ1) is 16.8. The minimum Gasteiger partial charge on any atom is -0.383 e. The predicted octanol–water partition coefficient (Wildman–Crippen LogP) is -1.96. The van der Waals surface area contributed by atoms with Crippen molar-refractivity contribution in [1.82, 2.24) is 5.32 Å². The number of primary amides is 1. The zero-order valence-corrected chi connectivity index (χ0v) is 10.9. The molecule has 0 aliphatic carbocycles. The Balaban J connectivity index is 4.36. The number of aliphatic hydroxyl groups is 1. The largest absolute Gasteiger partial charge is 0.383 e. The molecule has 0 spiro atoms. The lowest BCUT2D eigenvalue weighted by molar-refractivity contribution is -0.133. The van der Waals surface area contributed by atoms with Crippen molar-refractivity contribution in [2.75, 3.05) is 6.54 Å². The first-order valence-corrected chi connectivity index (χ1v) is 6.01. The smallest absolute Gasteiger partial charge is 0.249 e. The molecule has 0 rings (SSSR count). The lowest BCUT2D eigenvalue weighted by Gasteiger charge is -2.20. The van der Waals surface area contributed by atoms with Crippen LogP contribution in [-0.4, -0.2) is 41.7 Å². The van der Waals surface area contributed by atoms with Crippen LogP contribution in [0.5, 0.6) is 0 Å². The van der Waals surface area contributed by atoms with Crippen LogP contribution in [0.4, 0.5) is 0 Å². The molecule has 0 aromatic heterocycles. The van der Waals surface area contributed by atoms with Crippen molar-refractivity contribution in [3.63, 3.8) is 0 Å². The Hall–Kier alpha value is -1.18. The van der Waals surface area contributed by atoms with Crippen molar-refractivity contribution in [1.29, 1.82) is 0 Å². The highest BCUT2D eigenvalue weighted by Gasteiger charge is 2.24. The van der Waals surface area contributed by atoms with Crippen LogP contribution in [0.2, 0.25) is 0 Å². The van der Waals surface area contributed by atoms with Crippen molar-refractivity contribution in [2.45, 2.75) is 44.9 Å². The fraction of sp³-hybridized carbons (Fsp3) is 0.818. The van der Waals surface area contributed by atoms with E-state index in [1.54, 1.807) is 0 Å². The van der Waals surface area contributed by atoms with Gasteiger partial charge in [0, 0.05) is 12.6 Å². The Morgan fingerprint density at radius 3 is 2.22 bits per heavy atom. The summed E-state index contributed by atoms with van der Waals surface area (Å²) >= 11 is 0. The molecule has 3 atom stereocenters.